The number of aryl methyl sites for hydroxylation is 1. The molecule has 20 heavy (non-hydrogen) atoms. The van der Waals surface area contributed by atoms with E-state index in [0.29, 0.717) is 12.4 Å². The second kappa shape index (κ2) is 5.42. The number of carbonyl (C=O) groups is 1. The molecule has 1 aromatic heterocycles. The minimum absolute atomic E-state index is 0.00745. The minimum Gasteiger partial charge on any atom is -0.347 e. The number of hydrogen-bond acceptors (Lipinski definition) is 4. The Morgan fingerprint density at radius 3 is 3.00 bits per heavy atom. The summed E-state index contributed by atoms with van der Waals surface area (Å²) >= 11 is 0. The van der Waals surface area contributed by atoms with Gasteiger partial charge in [-0.1, -0.05) is 24.3 Å². The predicted octanol–water partition coefficient (Wildman–Crippen LogP) is 0.146. The molecule has 0 aliphatic carbocycles. The van der Waals surface area contributed by atoms with Crippen molar-refractivity contribution in [3.05, 3.63) is 47.5 Å². The first kappa shape index (κ1) is 12.8. The van der Waals surface area contributed by atoms with Crippen LogP contribution in [0.1, 0.15) is 17.0 Å². The largest absolute Gasteiger partial charge is 0.347 e. The summed E-state index contributed by atoms with van der Waals surface area (Å²) in [5, 5.41) is 10.3. The SMILES string of the molecule is Cn1cnc(CNC(=O)C2Cc3ccccc3CN2)n1. The summed E-state index contributed by atoms with van der Waals surface area (Å²) in [6, 6.07) is 8.02. The molecule has 0 saturated heterocycles. The summed E-state index contributed by atoms with van der Waals surface area (Å²) in [5.41, 5.74) is 2.50. The molecule has 2 aromatic rings. The number of nitrogens with zero attached hydrogens (tertiary/aromatic N) is 3. The molecule has 2 heterocycles. The zero-order valence-corrected chi connectivity index (χ0v) is 11.3. The summed E-state index contributed by atoms with van der Waals surface area (Å²) in [5.74, 6) is 0.615. The van der Waals surface area contributed by atoms with Crippen LogP contribution in [0.4, 0.5) is 0 Å². The van der Waals surface area contributed by atoms with E-state index in [1.54, 1.807) is 18.1 Å². The summed E-state index contributed by atoms with van der Waals surface area (Å²) in [6.07, 6.45) is 2.34. The third-order valence-corrected chi connectivity index (χ3v) is 3.47. The van der Waals surface area contributed by atoms with Crippen LogP contribution in [0.3, 0.4) is 0 Å². The van der Waals surface area contributed by atoms with Crippen molar-refractivity contribution in [1.82, 2.24) is 25.4 Å². The zero-order valence-electron chi connectivity index (χ0n) is 11.3. The Morgan fingerprint density at radius 1 is 1.45 bits per heavy atom. The molecule has 0 fully saturated rings. The average Bonchev–Trinajstić information content (AvgIpc) is 2.90. The molecule has 6 nitrogen and oxygen atoms in total. The zero-order chi connectivity index (χ0) is 13.9. The van der Waals surface area contributed by atoms with Crippen molar-refractivity contribution < 1.29 is 4.79 Å². The molecule has 104 valence electrons. The lowest BCUT2D eigenvalue weighted by Gasteiger charge is -2.25. The highest BCUT2D eigenvalue weighted by Gasteiger charge is 2.23. The second-order valence-corrected chi connectivity index (χ2v) is 4.96. The molecule has 1 aromatic carbocycles. The molecule has 0 saturated carbocycles. The standard InChI is InChI=1S/C14H17N5O/c1-19-9-17-13(18-19)8-16-14(20)12-6-10-4-2-3-5-11(10)7-15-12/h2-5,9,12,15H,6-8H2,1H3,(H,16,20). The third-order valence-electron chi connectivity index (χ3n) is 3.47. The first-order valence-electron chi connectivity index (χ1n) is 6.65. The topological polar surface area (TPSA) is 71.8 Å². The Labute approximate surface area is 117 Å². The highest BCUT2D eigenvalue weighted by Crippen LogP contribution is 2.16. The van der Waals surface area contributed by atoms with E-state index in [2.05, 4.69) is 32.8 Å². The highest BCUT2D eigenvalue weighted by molar-refractivity contribution is 5.82. The monoisotopic (exact) mass is 271 g/mol. The van der Waals surface area contributed by atoms with Crippen molar-refractivity contribution >= 4 is 5.91 Å². The van der Waals surface area contributed by atoms with Crippen molar-refractivity contribution in [3.63, 3.8) is 0 Å². The maximum Gasteiger partial charge on any atom is 0.237 e. The van der Waals surface area contributed by atoms with Gasteiger partial charge >= 0.3 is 0 Å². The van der Waals surface area contributed by atoms with E-state index in [-0.39, 0.29) is 11.9 Å². The Hall–Kier alpha value is -2.21. The molecule has 0 spiro atoms. The lowest BCUT2D eigenvalue weighted by atomic mass is 9.95. The van der Waals surface area contributed by atoms with Crippen LogP contribution in [-0.2, 0) is 31.4 Å². The molecule has 0 radical (unpaired) electrons. The normalized spacial score (nSPS) is 17.6. The van der Waals surface area contributed by atoms with Crippen molar-refractivity contribution in [2.45, 2.75) is 25.6 Å². The third kappa shape index (κ3) is 2.70. The molecule has 1 atom stereocenters. The lowest BCUT2D eigenvalue weighted by Crippen LogP contribution is -2.47. The van der Waals surface area contributed by atoms with Crippen LogP contribution in [-0.4, -0.2) is 26.7 Å². The van der Waals surface area contributed by atoms with Gasteiger partial charge in [-0.2, -0.15) is 5.10 Å². The van der Waals surface area contributed by atoms with Gasteiger partial charge in [-0.25, -0.2) is 4.98 Å². The van der Waals surface area contributed by atoms with Gasteiger partial charge in [0, 0.05) is 13.6 Å². The van der Waals surface area contributed by atoms with Crippen LogP contribution in [0.5, 0.6) is 0 Å². The van der Waals surface area contributed by atoms with E-state index in [9.17, 15) is 4.79 Å². The number of hydrogen-bond donors (Lipinski definition) is 2. The molecule has 1 aliphatic heterocycles. The van der Waals surface area contributed by atoms with Crippen LogP contribution in [0.2, 0.25) is 0 Å². The predicted molar refractivity (Wildman–Crippen MR) is 73.6 cm³/mol. The number of fused-ring (bicyclic) bond motifs is 1. The van der Waals surface area contributed by atoms with Crippen molar-refractivity contribution in [1.29, 1.82) is 0 Å². The molecule has 2 N–H and O–H groups in total. The van der Waals surface area contributed by atoms with E-state index in [0.717, 1.165) is 13.0 Å². The van der Waals surface area contributed by atoms with Gasteiger partial charge in [0.25, 0.3) is 0 Å². The molecule has 1 unspecified atom stereocenters. The molecule has 1 aliphatic rings. The van der Waals surface area contributed by atoms with E-state index in [1.807, 2.05) is 12.1 Å². The number of benzene rings is 1. The summed E-state index contributed by atoms with van der Waals surface area (Å²) in [6.45, 7) is 1.09. The van der Waals surface area contributed by atoms with E-state index in [4.69, 9.17) is 0 Å². The molecular formula is C14H17N5O. The number of rotatable bonds is 3. The quantitative estimate of drug-likeness (QED) is 0.833. The lowest BCUT2D eigenvalue weighted by molar-refractivity contribution is -0.123. The van der Waals surface area contributed by atoms with E-state index in [1.165, 1.54) is 11.1 Å². The summed E-state index contributed by atoms with van der Waals surface area (Å²) < 4.78 is 1.62. The van der Waals surface area contributed by atoms with Crippen molar-refractivity contribution in [2.24, 2.45) is 7.05 Å². The van der Waals surface area contributed by atoms with Gasteiger partial charge in [0.05, 0.1) is 12.6 Å². The number of nitrogens with one attached hydrogen (secondary N) is 2. The fraction of sp³-hybridized carbons (Fsp3) is 0.357. The smallest absolute Gasteiger partial charge is 0.237 e. The fourth-order valence-electron chi connectivity index (χ4n) is 2.39. The van der Waals surface area contributed by atoms with Crippen molar-refractivity contribution in [2.75, 3.05) is 0 Å². The number of carbonyl (C=O) groups excluding carboxylic acids is 1. The van der Waals surface area contributed by atoms with Crippen LogP contribution >= 0.6 is 0 Å². The van der Waals surface area contributed by atoms with Gasteiger partial charge in [0.2, 0.25) is 5.91 Å². The molecule has 0 bridgehead atoms. The maximum absolute atomic E-state index is 12.2. The molecule has 3 rings (SSSR count). The number of aromatic nitrogens is 3. The second-order valence-electron chi connectivity index (χ2n) is 4.96. The van der Waals surface area contributed by atoms with Gasteiger partial charge < -0.3 is 10.6 Å². The Bertz CT molecular complexity index is 622. The van der Waals surface area contributed by atoms with Crippen LogP contribution in [0.25, 0.3) is 0 Å². The first-order valence-corrected chi connectivity index (χ1v) is 6.65. The molecule has 1 amide bonds. The van der Waals surface area contributed by atoms with Gasteiger partial charge in [-0.15, -0.1) is 0 Å². The van der Waals surface area contributed by atoms with Crippen LogP contribution in [0, 0.1) is 0 Å². The van der Waals surface area contributed by atoms with E-state index < -0.39 is 0 Å². The van der Waals surface area contributed by atoms with Crippen LogP contribution < -0.4 is 10.6 Å². The first-order chi connectivity index (χ1) is 9.72. The van der Waals surface area contributed by atoms with Gasteiger partial charge in [-0.05, 0) is 17.5 Å². The summed E-state index contributed by atoms with van der Waals surface area (Å²) in [4.78, 5) is 16.2. The fourth-order valence-corrected chi connectivity index (χ4v) is 2.39. The van der Waals surface area contributed by atoms with E-state index >= 15 is 0 Å². The Morgan fingerprint density at radius 2 is 2.25 bits per heavy atom. The maximum atomic E-state index is 12.2. The summed E-state index contributed by atoms with van der Waals surface area (Å²) in [7, 11) is 1.80. The van der Waals surface area contributed by atoms with Gasteiger partial charge in [0.1, 0.15) is 6.33 Å². The average molecular weight is 271 g/mol. The molecule has 6 heteroatoms. The van der Waals surface area contributed by atoms with Crippen LogP contribution in [0.15, 0.2) is 30.6 Å². The number of amides is 1. The molecular weight excluding hydrogens is 254 g/mol. The highest BCUT2D eigenvalue weighted by atomic mass is 16.2. The van der Waals surface area contributed by atoms with Crippen molar-refractivity contribution in [3.8, 4) is 0 Å². The Kier molecular flexibility index (Phi) is 3.47. The van der Waals surface area contributed by atoms with Gasteiger partial charge in [-0.3, -0.25) is 9.48 Å². The van der Waals surface area contributed by atoms with Gasteiger partial charge in [0.15, 0.2) is 5.82 Å². The minimum atomic E-state index is -0.186. The Balaban J connectivity index is 1.59.